The number of halogens is 6. The van der Waals surface area contributed by atoms with Crippen LogP contribution in [-0.2, 0) is 18.9 Å². The maximum atomic E-state index is 13.3. The largest absolute Gasteiger partial charge is 0.477 e. The Bertz CT molecular complexity index is 1160. The second-order valence-corrected chi connectivity index (χ2v) is 7.73. The third-order valence-corrected chi connectivity index (χ3v) is 5.38. The first-order chi connectivity index (χ1) is 16.0. The van der Waals surface area contributed by atoms with E-state index in [1.54, 1.807) is 6.07 Å². The van der Waals surface area contributed by atoms with Crippen LogP contribution in [0, 0.1) is 0 Å². The van der Waals surface area contributed by atoms with Gasteiger partial charge in [0.1, 0.15) is 0 Å². The Labute approximate surface area is 190 Å². The number of carbonyl (C=O) groups excluding carboxylic acids is 1. The lowest BCUT2D eigenvalue weighted by atomic mass is 9.99. The lowest BCUT2D eigenvalue weighted by Crippen LogP contribution is -2.34. The second-order valence-electron chi connectivity index (χ2n) is 7.73. The fourth-order valence-electron chi connectivity index (χ4n) is 3.77. The minimum Gasteiger partial charge on any atom is -0.477 e. The molecular weight excluding hydrogens is 462 g/mol. The summed E-state index contributed by atoms with van der Waals surface area (Å²) in [4.78, 5) is 18.6. The van der Waals surface area contributed by atoms with Crippen LogP contribution in [0.1, 0.15) is 33.5 Å². The summed E-state index contributed by atoms with van der Waals surface area (Å²) in [5, 5.41) is 0. The smallest absolute Gasteiger partial charge is 0.416 e. The van der Waals surface area contributed by atoms with Crippen molar-refractivity contribution in [2.75, 3.05) is 13.2 Å². The zero-order chi connectivity index (χ0) is 24.5. The molecule has 1 aliphatic heterocycles. The van der Waals surface area contributed by atoms with Crippen molar-refractivity contribution in [2.45, 2.75) is 25.3 Å². The van der Waals surface area contributed by atoms with Crippen molar-refractivity contribution < 1.29 is 35.9 Å². The molecule has 178 valence electrons. The number of hydrogen-bond acceptors (Lipinski definition) is 3. The predicted octanol–water partition coefficient (Wildman–Crippen LogP) is 6.21. The molecule has 34 heavy (non-hydrogen) atoms. The highest BCUT2D eigenvalue weighted by Gasteiger charge is 2.38. The van der Waals surface area contributed by atoms with E-state index in [1.165, 1.54) is 11.1 Å². The maximum Gasteiger partial charge on any atom is 0.416 e. The number of alkyl halides is 6. The highest BCUT2D eigenvalue weighted by molar-refractivity contribution is 5.95. The van der Waals surface area contributed by atoms with Gasteiger partial charge in [0.25, 0.3) is 5.91 Å². The van der Waals surface area contributed by atoms with Crippen LogP contribution in [0.4, 0.5) is 26.3 Å². The fourth-order valence-corrected chi connectivity index (χ4v) is 3.77. The number of rotatable bonds is 2. The minimum atomic E-state index is -5.04. The molecule has 0 bridgehead atoms. The Morgan fingerprint density at radius 1 is 0.912 bits per heavy atom. The standard InChI is InChI=1S/C24H18F6N2O2/c25-23(26,27)17-11-16(12-18(13-17)24(28,29)30)22(33)32-9-4-10-34-21-20(14-32)19(7-8-31-21)15-5-2-1-3-6-15/h1-3,5-8,11-13H,4,9-10,14H2. The van der Waals surface area contributed by atoms with E-state index in [0.717, 1.165) is 5.56 Å². The van der Waals surface area contributed by atoms with E-state index in [4.69, 9.17) is 4.74 Å². The van der Waals surface area contributed by atoms with Gasteiger partial charge in [-0.05, 0) is 41.8 Å². The zero-order valence-electron chi connectivity index (χ0n) is 17.6. The summed E-state index contributed by atoms with van der Waals surface area (Å²) in [5.41, 5.74) is -1.73. The van der Waals surface area contributed by atoms with Crippen LogP contribution in [0.5, 0.6) is 5.88 Å². The molecule has 0 spiro atoms. The Morgan fingerprint density at radius 2 is 1.56 bits per heavy atom. The first-order valence-electron chi connectivity index (χ1n) is 10.3. The van der Waals surface area contributed by atoms with Gasteiger partial charge in [-0.1, -0.05) is 30.3 Å². The van der Waals surface area contributed by atoms with Gasteiger partial charge < -0.3 is 9.64 Å². The summed E-state index contributed by atoms with van der Waals surface area (Å²) in [5.74, 6) is -0.675. The van der Waals surface area contributed by atoms with Crippen molar-refractivity contribution in [3.63, 3.8) is 0 Å². The van der Waals surface area contributed by atoms with Gasteiger partial charge in [-0.2, -0.15) is 26.3 Å². The number of carbonyl (C=O) groups is 1. The van der Waals surface area contributed by atoms with Crippen molar-refractivity contribution >= 4 is 5.91 Å². The molecule has 1 aromatic heterocycles. The van der Waals surface area contributed by atoms with Crippen LogP contribution >= 0.6 is 0 Å². The molecule has 0 N–H and O–H groups in total. The first kappa shape index (κ1) is 23.6. The summed E-state index contributed by atoms with van der Waals surface area (Å²) in [7, 11) is 0. The quantitative estimate of drug-likeness (QED) is 0.410. The summed E-state index contributed by atoms with van der Waals surface area (Å²) in [6, 6.07) is 11.8. The van der Waals surface area contributed by atoms with Gasteiger partial charge in [-0.15, -0.1) is 0 Å². The summed E-state index contributed by atoms with van der Waals surface area (Å²) in [6.07, 6.45) is -8.22. The van der Waals surface area contributed by atoms with Gasteiger partial charge in [0.05, 0.1) is 24.3 Å². The van der Waals surface area contributed by atoms with Gasteiger partial charge >= 0.3 is 12.4 Å². The number of benzene rings is 2. The SMILES string of the molecule is O=C(c1cc(C(F)(F)F)cc(C(F)(F)F)c1)N1CCCOc2nccc(-c3ccccc3)c2C1. The van der Waals surface area contributed by atoms with E-state index in [1.807, 2.05) is 30.3 Å². The van der Waals surface area contributed by atoms with E-state index < -0.39 is 35.0 Å². The molecule has 0 fully saturated rings. The number of aromatic nitrogens is 1. The normalized spacial score (nSPS) is 14.6. The fraction of sp³-hybridized carbons (Fsp3) is 0.250. The predicted molar refractivity (Wildman–Crippen MR) is 111 cm³/mol. The Balaban J connectivity index is 1.76. The Morgan fingerprint density at radius 3 is 2.18 bits per heavy atom. The minimum absolute atomic E-state index is 0.00478. The Hall–Kier alpha value is -3.56. The van der Waals surface area contributed by atoms with Crippen LogP contribution in [0.25, 0.3) is 11.1 Å². The summed E-state index contributed by atoms with van der Waals surface area (Å²) < 4.78 is 85.4. The molecule has 0 saturated carbocycles. The monoisotopic (exact) mass is 480 g/mol. The van der Waals surface area contributed by atoms with Gasteiger partial charge in [0, 0.05) is 23.9 Å². The molecule has 3 aromatic rings. The van der Waals surface area contributed by atoms with E-state index >= 15 is 0 Å². The average molecular weight is 480 g/mol. The number of pyridine rings is 1. The van der Waals surface area contributed by atoms with Crippen LogP contribution in [0.15, 0.2) is 60.8 Å². The average Bonchev–Trinajstić information content (AvgIpc) is 2.78. The van der Waals surface area contributed by atoms with Crippen molar-refractivity contribution in [1.82, 2.24) is 9.88 Å². The maximum absolute atomic E-state index is 13.3. The molecule has 0 saturated heterocycles. The van der Waals surface area contributed by atoms with Gasteiger partial charge in [0.15, 0.2) is 0 Å². The molecule has 4 rings (SSSR count). The van der Waals surface area contributed by atoms with Crippen LogP contribution in [0.2, 0.25) is 0 Å². The number of hydrogen-bond donors (Lipinski definition) is 0. The van der Waals surface area contributed by atoms with Crippen molar-refractivity contribution in [2.24, 2.45) is 0 Å². The molecule has 2 heterocycles. The molecule has 0 atom stereocenters. The van der Waals surface area contributed by atoms with E-state index in [9.17, 15) is 31.1 Å². The highest BCUT2D eigenvalue weighted by atomic mass is 19.4. The molecule has 10 heteroatoms. The van der Waals surface area contributed by atoms with Crippen LogP contribution in [-0.4, -0.2) is 28.9 Å². The number of nitrogens with zero attached hydrogens (tertiary/aromatic N) is 2. The first-order valence-corrected chi connectivity index (χ1v) is 10.3. The van der Waals surface area contributed by atoms with Crippen LogP contribution < -0.4 is 4.74 Å². The number of amides is 1. The molecule has 1 amide bonds. The van der Waals surface area contributed by atoms with E-state index in [-0.39, 0.29) is 31.6 Å². The molecule has 4 nitrogen and oxygen atoms in total. The third-order valence-electron chi connectivity index (χ3n) is 5.38. The second kappa shape index (κ2) is 9.00. The Kier molecular flexibility index (Phi) is 6.24. The molecule has 2 aromatic carbocycles. The van der Waals surface area contributed by atoms with Crippen molar-refractivity contribution in [3.05, 3.63) is 83.0 Å². The van der Waals surface area contributed by atoms with Gasteiger partial charge in [-0.25, -0.2) is 4.98 Å². The van der Waals surface area contributed by atoms with Crippen LogP contribution in [0.3, 0.4) is 0 Å². The summed E-state index contributed by atoms with van der Waals surface area (Å²) >= 11 is 0. The number of fused-ring (bicyclic) bond motifs is 1. The van der Waals surface area contributed by atoms with Crippen molar-refractivity contribution in [3.8, 4) is 17.0 Å². The van der Waals surface area contributed by atoms with Crippen molar-refractivity contribution in [1.29, 1.82) is 0 Å². The number of ether oxygens (including phenoxy) is 1. The third kappa shape index (κ3) is 5.00. The molecular formula is C24H18F6N2O2. The summed E-state index contributed by atoms with van der Waals surface area (Å²) in [6.45, 7) is 0.168. The molecule has 0 unspecified atom stereocenters. The lowest BCUT2D eigenvalue weighted by Gasteiger charge is -2.28. The highest BCUT2D eigenvalue weighted by Crippen LogP contribution is 2.37. The topological polar surface area (TPSA) is 42.4 Å². The van der Waals surface area contributed by atoms with Gasteiger partial charge in [0.2, 0.25) is 5.88 Å². The molecule has 1 aliphatic rings. The lowest BCUT2D eigenvalue weighted by molar-refractivity contribution is -0.143. The van der Waals surface area contributed by atoms with E-state index in [2.05, 4.69) is 4.98 Å². The zero-order valence-corrected chi connectivity index (χ0v) is 17.6. The molecule has 0 aliphatic carbocycles. The molecule has 0 radical (unpaired) electrons. The van der Waals surface area contributed by atoms with E-state index in [0.29, 0.717) is 29.7 Å². The van der Waals surface area contributed by atoms with Gasteiger partial charge in [-0.3, -0.25) is 4.79 Å².